The lowest BCUT2D eigenvalue weighted by Crippen LogP contribution is -2.54. The Labute approximate surface area is 395 Å². The molecule has 67 heavy (non-hydrogen) atoms. The Morgan fingerprint density at radius 3 is 1.49 bits per heavy atom. The number of nitrogen functional groups attached to an aromatic ring is 1. The van der Waals surface area contributed by atoms with Crippen LogP contribution in [0.5, 0.6) is 0 Å². The Bertz CT molecular complexity index is 2950. The van der Waals surface area contributed by atoms with E-state index in [1.807, 2.05) is 32.6 Å². The number of nitrogens with zero attached hydrogens (tertiary/aromatic N) is 10. The van der Waals surface area contributed by atoms with Crippen LogP contribution in [-0.2, 0) is 28.7 Å². The first-order valence-corrected chi connectivity index (χ1v) is 25.2. The monoisotopic (exact) mass is 968 g/mol. The van der Waals surface area contributed by atoms with Crippen LogP contribution in [0.1, 0.15) is 54.4 Å². The van der Waals surface area contributed by atoms with Gasteiger partial charge in [0.2, 0.25) is 11.8 Å². The van der Waals surface area contributed by atoms with Crippen LogP contribution in [0.3, 0.4) is 0 Å². The van der Waals surface area contributed by atoms with Crippen LogP contribution in [0.25, 0.3) is 22.8 Å². The number of carbonyl (C=O) groups is 2. The van der Waals surface area contributed by atoms with Crippen molar-refractivity contribution >= 4 is 76.0 Å². The van der Waals surface area contributed by atoms with Gasteiger partial charge in [-0.2, -0.15) is 0 Å². The van der Waals surface area contributed by atoms with Gasteiger partial charge in [-0.05, 0) is 76.9 Å². The number of likely N-dealkylation sites (N-methyl/N-ethyl adjacent to an activating group) is 2. The van der Waals surface area contributed by atoms with Gasteiger partial charge >= 0.3 is 0 Å². The predicted octanol–water partition coefficient (Wildman–Crippen LogP) is 7.01. The van der Waals surface area contributed by atoms with Gasteiger partial charge < -0.3 is 25.3 Å². The predicted molar refractivity (Wildman–Crippen MR) is 262 cm³/mol. The molecule has 2 atom stereocenters. The minimum absolute atomic E-state index is 0.00438. The molecule has 8 rings (SSSR count). The van der Waals surface area contributed by atoms with Gasteiger partial charge in [-0.3, -0.25) is 24.3 Å². The van der Waals surface area contributed by atoms with E-state index in [1.54, 1.807) is 103 Å². The van der Waals surface area contributed by atoms with Crippen LogP contribution in [0.15, 0.2) is 120 Å². The summed E-state index contributed by atoms with van der Waals surface area (Å²) in [6.45, 7) is 12.1. The fourth-order valence-electron chi connectivity index (χ4n) is 7.68. The van der Waals surface area contributed by atoms with E-state index in [4.69, 9.17) is 26.4 Å². The Morgan fingerprint density at radius 2 is 1.07 bits per heavy atom. The third-order valence-corrected chi connectivity index (χ3v) is 13.7. The number of nitrogens with one attached hydrogen (secondary N) is 1. The van der Waals surface area contributed by atoms with E-state index < -0.39 is 19.1 Å². The second-order valence-corrected chi connectivity index (χ2v) is 20.3. The number of nitrogens with two attached hydrogens (primary N) is 1. The number of halogens is 1. The van der Waals surface area contributed by atoms with Crippen molar-refractivity contribution in [2.24, 2.45) is 0 Å². The van der Waals surface area contributed by atoms with E-state index in [1.165, 1.54) is 30.5 Å². The summed E-state index contributed by atoms with van der Waals surface area (Å²) >= 11 is 0. The van der Waals surface area contributed by atoms with Crippen LogP contribution < -0.4 is 30.1 Å². The number of anilines is 6. The smallest absolute Gasteiger partial charge is 0.261 e. The molecule has 0 unspecified atom stereocenters. The lowest BCUT2D eigenvalue weighted by atomic mass is 10.1. The first kappa shape index (κ1) is 49.7. The average Bonchev–Trinajstić information content (AvgIpc) is 3.31. The number of rotatable bonds is 10. The van der Waals surface area contributed by atoms with E-state index in [0.717, 1.165) is 23.5 Å². The summed E-state index contributed by atoms with van der Waals surface area (Å²) in [6, 6.07) is 19.1. The Kier molecular flexibility index (Phi) is 15.4. The molecule has 3 N–H and O–H groups in total. The van der Waals surface area contributed by atoms with Gasteiger partial charge in [-0.25, -0.2) is 36.8 Å². The molecule has 0 radical (unpaired) electrons. The molecule has 0 fully saturated rings. The third kappa shape index (κ3) is 10.8. The van der Waals surface area contributed by atoms with Crippen molar-refractivity contribution in [2.75, 3.05) is 44.2 Å². The van der Waals surface area contributed by atoms with Gasteiger partial charge in [0.1, 0.15) is 23.5 Å². The minimum Gasteiger partial charge on any atom is -0.397 e. The van der Waals surface area contributed by atoms with Gasteiger partial charge in [0.05, 0.1) is 46.0 Å². The SMILES string of the molecule is CC[C@@H]1C(=O)N(C)c2cnc(-c3ccncc3N)nc2N1C(C)C.CC[C@@H]1C(=O)N(C)c2cnc(-c3ccncc3NS(=O)(=O)c3ccccc3)nc2N1C(C)C.O=S(=O)(Cl)c1ccccc1. The van der Waals surface area contributed by atoms with Crippen LogP contribution in [0.4, 0.5) is 34.4 Å². The van der Waals surface area contributed by atoms with E-state index in [0.29, 0.717) is 40.8 Å². The zero-order valence-corrected chi connectivity index (χ0v) is 40.7. The van der Waals surface area contributed by atoms with Gasteiger partial charge in [0.25, 0.3) is 19.1 Å². The van der Waals surface area contributed by atoms with Crippen molar-refractivity contribution in [1.82, 2.24) is 29.9 Å². The topological polar surface area (TPSA) is 231 Å². The Morgan fingerprint density at radius 1 is 0.642 bits per heavy atom. The molecule has 0 saturated carbocycles. The molecule has 6 heterocycles. The molecular formula is C46H53ClN12O6S2. The average molecular weight is 970 g/mol. The summed E-state index contributed by atoms with van der Waals surface area (Å²) in [5, 5.41) is 0. The Balaban J connectivity index is 0.000000189. The normalized spacial score (nSPS) is 15.9. The number of hydrogen-bond donors (Lipinski definition) is 2. The zero-order chi connectivity index (χ0) is 48.8. The van der Waals surface area contributed by atoms with Crippen molar-refractivity contribution in [3.05, 3.63) is 110 Å². The fourth-order valence-corrected chi connectivity index (χ4v) is 9.56. The summed E-state index contributed by atoms with van der Waals surface area (Å²) in [5.41, 5.74) is 9.36. The number of benzene rings is 2. The van der Waals surface area contributed by atoms with Crippen molar-refractivity contribution < 1.29 is 26.4 Å². The molecule has 352 valence electrons. The van der Waals surface area contributed by atoms with Gasteiger partial charge in [0, 0.05) is 60.4 Å². The molecule has 4 aromatic heterocycles. The Hall–Kier alpha value is -6.77. The van der Waals surface area contributed by atoms with Crippen molar-refractivity contribution in [3.63, 3.8) is 0 Å². The number of carbonyl (C=O) groups excluding carboxylic acids is 2. The lowest BCUT2D eigenvalue weighted by Gasteiger charge is -2.42. The summed E-state index contributed by atoms with van der Waals surface area (Å²) < 4.78 is 49.6. The molecule has 6 aromatic rings. The highest BCUT2D eigenvalue weighted by atomic mass is 35.7. The summed E-state index contributed by atoms with van der Waals surface area (Å²) in [6.07, 6.45) is 10.9. The van der Waals surface area contributed by atoms with Crippen LogP contribution in [0.2, 0.25) is 0 Å². The van der Waals surface area contributed by atoms with E-state index in [-0.39, 0.29) is 51.5 Å². The highest BCUT2D eigenvalue weighted by molar-refractivity contribution is 8.13. The quantitative estimate of drug-likeness (QED) is 0.132. The highest BCUT2D eigenvalue weighted by Crippen LogP contribution is 2.39. The van der Waals surface area contributed by atoms with Crippen molar-refractivity contribution in [3.8, 4) is 22.8 Å². The van der Waals surface area contributed by atoms with E-state index in [9.17, 15) is 26.4 Å². The van der Waals surface area contributed by atoms with Gasteiger partial charge in [-0.15, -0.1) is 0 Å². The van der Waals surface area contributed by atoms with Crippen molar-refractivity contribution in [1.29, 1.82) is 0 Å². The lowest BCUT2D eigenvalue weighted by molar-refractivity contribution is -0.120. The molecule has 2 aliphatic rings. The molecule has 2 aromatic carbocycles. The molecule has 0 bridgehead atoms. The maximum absolute atomic E-state index is 12.9. The van der Waals surface area contributed by atoms with E-state index in [2.05, 4.69) is 43.4 Å². The second-order valence-electron chi connectivity index (χ2n) is 16.0. The molecule has 0 saturated heterocycles. The number of hydrogen-bond acceptors (Lipinski definition) is 15. The molecule has 0 spiro atoms. The molecule has 2 amide bonds. The van der Waals surface area contributed by atoms with Crippen molar-refractivity contribution in [2.45, 2.75) is 88.3 Å². The number of fused-ring (bicyclic) bond motifs is 2. The van der Waals surface area contributed by atoms with Crippen LogP contribution >= 0.6 is 10.7 Å². The van der Waals surface area contributed by atoms with Gasteiger partial charge in [-0.1, -0.05) is 50.2 Å². The summed E-state index contributed by atoms with van der Waals surface area (Å²) in [7, 11) is 1.16. The fraction of sp³-hybridized carbons (Fsp3) is 0.304. The number of aromatic nitrogens is 6. The largest absolute Gasteiger partial charge is 0.397 e. The summed E-state index contributed by atoms with van der Waals surface area (Å²) in [5.74, 6) is 2.34. The molecule has 2 aliphatic heterocycles. The number of pyridine rings is 2. The standard InChI is InChI=1S/C23H26N6O3S.C17H22N6O.C6H5ClO2S/c1-5-19-23(30)28(4)20-14-25-21(26-22(20)29(19)15(2)3)17-11-12-24-13-18(17)27-33(31,32)16-9-7-6-8-10-16;1-5-13-17(24)22(4)14-9-20-15(11-6-7-19-8-12(11)18)21-16(14)23(13)10(2)3;7-10(8,9)6-4-2-1-3-5-6/h6-15,19,27H,5H2,1-4H3;6-10,13H,5,18H2,1-4H3;1-5H/t19-;13-;/m11./s1. The zero-order valence-electron chi connectivity index (χ0n) is 38.3. The second kappa shape index (κ2) is 20.8. The highest BCUT2D eigenvalue weighted by Gasteiger charge is 2.40. The van der Waals surface area contributed by atoms with Crippen LogP contribution in [0, 0.1) is 0 Å². The third-order valence-electron chi connectivity index (χ3n) is 11.0. The molecule has 0 aliphatic carbocycles. The van der Waals surface area contributed by atoms with Gasteiger partial charge in [0.15, 0.2) is 23.3 Å². The van der Waals surface area contributed by atoms with E-state index >= 15 is 0 Å². The van der Waals surface area contributed by atoms with Crippen LogP contribution in [-0.4, -0.2) is 96.8 Å². The molecular weight excluding hydrogens is 916 g/mol. The minimum atomic E-state index is -3.82. The maximum Gasteiger partial charge on any atom is 0.261 e. The maximum atomic E-state index is 12.9. The first-order valence-electron chi connectivity index (χ1n) is 21.4. The summed E-state index contributed by atoms with van der Waals surface area (Å²) in [4.78, 5) is 59.6. The number of amides is 2. The molecule has 18 nitrogen and oxygen atoms in total. The first-order chi connectivity index (χ1) is 31.8. The molecule has 21 heteroatoms. The number of sulfonamides is 1.